The second-order valence-electron chi connectivity index (χ2n) is 6.67. The molecule has 1 atom stereocenters. The van der Waals surface area contributed by atoms with Crippen LogP contribution in [0.1, 0.15) is 27.8 Å². The van der Waals surface area contributed by atoms with Gasteiger partial charge in [-0.2, -0.15) is 0 Å². The van der Waals surface area contributed by atoms with Gasteiger partial charge in [-0.3, -0.25) is 0 Å². The van der Waals surface area contributed by atoms with Crippen molar-refractivity contribution >= 4 is 19.3 Å². The van der Waals surface area contributed by atoms with Gasteiger partial charge in [-0.1, -0.05) is 85.0 Å². The summed E-state index contributed by atoms with van der Waals surface area (Å²) in [6.07, 6.45) is 8.36. The molecule has 0 heterocycles. The van der Waals surface area contributed by atoms with E-state index in [1.54, 1.807) is 5.20 Å². The molecular formula is C20H20Cl2SiZr. The van der Waals surface area contributed by atoms with Gasteiger partial charge in [-0.25, -0.2) is 0 Å². The summed E-state index contributed by atoms with van der Waals surface area (Å²) in [6, 6.07) is 17.8. The first kappa shape index (κ1) is 21.6. The molecule has 2 aromatic rings. The summed E-state index contributed by atoms with van der Waals surface area (Å²) in [5.41, 5.74) is 6.55. The number of benzene rings is 2. The molecule has 0 saturated carbocycles. The molecule has 0 aromatic heterocycles. The first-order chi connectivity index (χ1) is 10.2. The van der Waals surface area contributed by atoms with Gasteiger partial charge in [0.15, 0.2) is 0 Å². The monoisotopic (exact) mass is 448 g/mol. The van der Waals surface area contributed by atoms with Gasteiger partial charge in [0.05, 0.1) is 8.07 Å². The van der Waals surface area contributed by atoms with Crippen molar-refractivity contribution in [2.45, 2.75) is 25.1 Å². The fourth-order valence-corrected chi connectivity index (χ4v) is 7.46. The Kier molecular flexibility index (Phi) is 7.50. The van der Waals surface area contributed by atoms with Gasteiger partial charge in [0.1, 0.15) is 0 Å². The molecule has 0 N–H and O–H groups in total. The summed E-state index contributed by atoms with van der Waals surface area (Å²) < 4.78 is 0. The Morgan fingerprint density at radius 3 is 2.38 bits per heavy atom. The topological polar surface area (TPSA) is 0 Å². The smallest absolute Gasteiger partial charge is 1.00 e. The van der Waals surface area contributed by atoms with Crippen LogP contribution in [0.15, 0.2) is 60.7 Å². The van der Waals surface area contributed by atoms with Gasteiger partial charge in [0, 0.05) is 5.54 Å². The summed E-state index contributed by atoms with van der Waals surface area (Å²) in [5.74, 6) is 0. The van der Waals surface area contributed by atoms with Crippen LogP contribution in [0.2, 0.25) is 13.1 Å². The molecule has 122 valence electrons. The van der Waals surface area contributed by atoms with Crippen LogP contribution in [0.3, 0.4) is 0 Å². The van der Waals surface area contributed by atoms with Crippen LogP contribution in [-0.4, -0.2) is 8.07 Å². The molecule has 24 heavy (non-hydrogen) atoms. The van der Waals surface area contributed by atoms with Crippen LogP contribution in [0.25, 0.3) is 11.3 Å². The third kappa shape index (κ3) is 3.44. The van der Waals surface area contributed by atoms with Crippen molar-refractivity contribution in [2.24, 2.45) is 0 Å². The van der Waals surface area contributed by atoms with Gasteiger partial charge < -0.3 is 24.8 Å². The predicted octanol–water partition coefficient (Wildman–Crippen LogP) is -0.771. The summed E-state index contributed by atoms with van der Waals surface area (Å²) in [7, 11) is -1.57. The third-order valence-corrected chi connectivity index (χ3v) is 9.02. The molecular weight excluding hydrogens is 430 g/mol. The minimum atomic E-state index is -1.57. The standard InChI is InChI=1S/C20H20Si.2ClH.Zr/c1-21(2,19-13-11-15-7-3-5-9-17(15)19)20-14-12-16-8-4-6-10-18(16)20;;;/h3-11,13-14,19H,12H2,1-2H3;2*1H;/q;;;+2/p-2. The van der Waals surface area contributed by atoms with Crippen molar-refractivity contribution in [3.8, 4) is 0 Å². The zero-order chi connectivity index (χ0) is 14.4. The zero-order valence-electron chi connectivity index (χ0n) is 13.9. The number of fused-ring (bicyclic) bond motifs is 2. The molecule has 0 spiro atoms. The van der Waals surface area contributed by atoms with Crippen LogP contribution in [-0.2, 0) is 32.6 Å². The Hall–Kier alpha value is -0.400. The van der Waals surface area contributed by atoms with E-state index in [4.69, 9.17) is 0 Å². The van der Waals surface area contributed by atoms with Gasteiger partial charge in [-0.15, -0.1) is 0 Å². The van der Waals surface area contributed by atoms with E-state index < -0.39 is 8.07 Å². The van der Waals surface area contributed by atoms with Crippen LogP contribution in [0.5, 0.6) is 0 Å². The van der Waals surface area contributed by atoms with Crippen molar-refractivity contribution in [2.75, 3.05) is 0 Å². The Morgan fingerprint density at radius 2 is 1.58 bits per heavy atom. The molecule has 0 saturated heterocycles. The Labute approximate surface area is 177 Å². The number of rotatable bonds is 2. The largest absolute Gasteiger partial charge is 2.00 e. The zero-order valence-corrected chi connectivity index (χ0v) is 18.9. The summed E-state index contributed by atoms with van der Waals surface area (Å²) in [5, 5.41) is 1.64. The molecule has 0 fully saturated rings. The number of allylic oxidation sites excluding steroid dienone is 2. The van der Waals surface area contributed by atoms with E-state index in [0.717, 1.165) is 6.42 Å². The van der Waals surface area contributed by atoms with E-state index in [1.165, 1.54) is 22.3 Å². The van der Waals surface area contributed by atoms with E-state index in [-0.39, 0.29) is 51.0 Å². The molecule has 2 aliphatic rings. The first-order valence-electron chi connectivity index (χ1n) is 7.74. The van der Waals surface area contributed by atoms with E-state index >= 15 is 0 Å². The van der Waals surface area contributed by atoms with Gasteiger partial charge in [-0.05, 0) is 28.7 Å². The van der Waals surface area contributed by atoms with Gasteiger partial charge in [0.25, 0.3) is 0 Å². The molecule has 0 bridgehead atoms. The average molecular weight is 451 g/mol. The maximum absolute atomic E-state index is 2.53. The SMILES string of the molecule is C[Si](C)(C1=CCc2ccccc21)C1C=Cc2ccccc21.[Cl-].[Cl-].[Zr+2]. The van der Waals surface area contributed by atoms with Crippen molar-refractivity contribution in [3.05, 3.63) is 82.9 Å². The molecule has 2 aliphatic carbocycles. The maximum Gasteiger partial charge on any atom is 2.00 e. The molecule has 1 unspecified atom stereocenters. The Balaban J connectivity index is 0.000000960. The molecule has 4 heteroatoms. The fraction of sp³-hybridized carbons (Fsp3) is 0.200. The minimum Gasteiger partial charge on any atom is -1.00 e. The average Bonchev–Trinajstić information content (AvgIpc) is 3.12. The second-order valence-corrected chi connectivity index (χ2v) is 11.3. The molecule has 0 nitrogen and oxygen atoms in total. The number of halogens is 2. The second kappa shape index (κ2) is 8.32. The van der Waals surface area contributed by atoms with Crippen molar-refractivity contribution in [1.29, 1.82) is 0 Å². The normalized spacial score (nSPS) is 16.9. The number of hydrogen-bond acceptors (Lipinski definition) is 0. The van der Waals surface area contributed by atoms with E-state index in [1.807, 2.05) is 0 Å². The van der Waals surface area contributed by atoms with Crippen molar-refractivity contribution in [1.82, 2.24) is 0 Å². The minimum absolute atomic E-state index is 0. The fourth-order valence-electron chi connectivity index (χ4n) is 3.94. The van der Waals surface area contributed by atoms with Crippen LogP contribution in [0, 0.1) is 0 Å². The van der Waals surface area contributed by atoms with Gasteiger partial charge in [0.2, 0.25) is 0 Å². The summed E-state index contributed by atoms with van der Waals surface area (Å²) in [4.78, 5) is 0. The molecule has 2 aromatic carbocycles. The van der Waals surface area contributed by atoms with Crippen LogP contribution in [0.4, 0.5) is 0 Å². The van der Waals surface area contributed by atoms with E-state index in [2.05, 4.69) is 79.9 Å². The molecule has 4 rings (SSSR count). The van der Waals surface area contributed by atoms with E-state index in [9.17, 15) is 0 Å². The summed E-state index contributed by atoms with van der Waals surface area (Å²) in [6.45, 7) is 5.05. The van der Waals surface area contributed by atoms with E-state index in [0.29, 0.717) is 5.54 Å². The third-order valence-electron chi connectivity index (χ3n) is 5.10. The molecule has 0 radical (unpaired) electrons. The number of hydrogen-bond donors (Lipinski definition) is 0. The van der Waals surface area contributed by atoms with Gasteiger partial charge >= 0.3 is 26.2 Å². The van der Waals surface area contributed by atoms with Crippen molar-refractivity contribution < 1.29 is 51.0 Å². The summed E-state index contributed by atoms with van der Waals surface area (Å²) >= 11 is 0. The Morgan fingerprint density at radius 1 is 0.917 bits per heavy atom. The van der Waals surface area contributed by atoms with Crippen LogP contribution >= 0.6 is 0 Å². The maximum atomic E-state index is 2.53. The quantitative estimate of drug-likeness (QED) is 0.528. The Bertz CT molecular complexity index is 781. The van der Waals surface area contributed by atoms with Crippen LogP contribution < -0.4 is 24.8 Å². The molecule has 0 amide bonds. The predicted molar refractivity (Wildman–Crippen MR) is 93.8 cm³/mol. The molecule has 0 aliphatic heterocycles. The first-order valence-corrected chi connectivity index (χ1v) is 10.8. The van der Waals surface area contributed by atoms with Crippen molar-refractivity contribution in [3.63, 3.8) is 0 Å².